The number of hydrogen-bond donors (Lipinski definition) is 1. The number of aryl methyl sites for hydroxylation is 1. The van der Waals surface area contributed by atoms with Crippen LogP contribution in [-0.4, -0.2) is 23.2 Å². The molecule has 0 atom stereocenters. The van der Waals surface area contributed by atoms with E-state index in [1.165, 1.54) is 18.4 Å². The maximum absolute atomic E-state index is 11.2. The van der Waals surface area contributed by atoms with Crippen molar-refractivity contribution >= 4 is 5.97 Å². The Hall–Kier alpha value is -1.29. The van der Waals surface area contributed by atoms with E-state index in [0.717, 1.165) is 38.4 Å². The van der Waals surface area contributed by atoms with Crippen molar-refractivity contribution in [1.82, 2.24) is 9.88 Å². The summed E-state index contributed by atoms with van der Waals surface area (Å²) in [5, 5.41) is 3.52. The molecule has 20 heavy (non-hydrogen) atoms. The van der Waals surface area contributed by atoms with E-state index in [1.54, 1.807) is 0 Å². The number of rotatable bonds is 10. The molecule has 0 amide bonds. The summed E-state index contributed by atoms with van der Waals surface area (Å²) in [6.45, 7) is 4.35. The molecule has 1 N–H and O–H groups in total. The third-order valence-electron chi connectivity index (χ3n) is 3.59. The highest BCUT2D eigenvalue weighted by molar-refractivity contribution is 5.69. The van der Waals surface area contributed by atoms with Gasteiger partial charge >= 0.3 is 5.97 Å². The fourth-order valence-corrected chi connectivity index (χ4v) is 2.26. The van der Waals surface area contributed by atoms with Crippen molar-refractivity contribution in [2.45, 2.75) is 64.6 Å². The molecule has 112 valence electrons. The van der Waals surface area contributed by atoms with Crippen molar-refractivity contribution in [3.63, 3.8) is 0 Å². The molecular formula is C16H26N2O2. The number of carbonyl (C=O) groups is 1. The zero-order valence-corrected chi connectivity index (χ0v) is 12.4. The molecule has 0 spiro atoms. The quantitative estimate of drug-likeness (QED) is 0.528. The zero-order valence-electron chi connectivity index (χ0n) is 12.4. The molecule has 0 unspecified atom stereocenters. The van der Waals surface area contributed by atoms with Gasteiger partial charge in [0.05, 0.1) is 6.61 Å². The number of ether oxygens (including phenoxy) is 1. The van der Waals surface area contributed by atoms with Gasteiger partial charge in [-0.15, -0.1) is 0 Å². The molecule has 1 fully saturated rings. The van der Waals surface area contributed by atoms with E-state index >= 15 is 0 Å². The third kappa shape index (κ3) is 5.78. The number of carbonyl (C=O) groups excluding carboxylic acids is 1. The summed E-state index contributed by atoms with van der Waals surface area (Å²) in [6.07, 6.45) is 10.7. The number of aromatic nitrogens is 1. The fraction of sp³-hybridized carbons (Fsp3) is 0.688. The van der Waals surface area contributed by atoms with Gasteiger partial charge in [-0.2, -0.15) is 0 Å². The lowest BCUT2D eigenvalue weighted by atomic mass is 10.2. The van der Waals surface area contributed by atoms with Crippen LogP contribution in [0.3, 0.4) is 0 Å². The summed E-state index contributed by atoms with van der Waals surface area (Å²) >= 11 is 0. The molecule has 1 aromatic rings. The second-order valence-electron chi connectivity index (χ2n) is 5.53. The van der Waals surface area contributed by atoms with Crippen LogP contribution in [0.25, 0.3) is 0 Å². The van der Waals surface area contributed by atoms with Crippen molar-refractivity contribution in [3.8, 4) is 0 Å². The van der Waals surface area contributed by atoms with Crippen LogP contribution in [0.4, 0.5) is 0 Å². The Bertz CT molecular complexity index is 410. The van der Waals surface area contributed by atoms with E-state index in [-0.39, 0.29) is 5.97 Å². The van der Waals surface area contributed by atoms with E-state index in [2.05, 4.69) is 28.3 Å². The van der Waals surface area contributed by atoms with Crippen molar-refractivity contribution < 1.29 is 9.53 Å². The predicted octanol–water partition coefficient (Wildman–Crippen LogP) is 2.86. The lowest BCUT2D eigenvalue weighted by Crippen LogP contribution is -2.14. The Morgan fingerprint density at radius 1 is 1.40 bits per heavy atom. The Labute approximate surface area is 121 Å². The highest BCUT2D eigenvalue weighted by atomic mass is 16.5. The molecular weight excluding hydrogens is 252 g/mol. The number of nitrogens with one attached hydrogen (secondary N) is 1. The van der Waals surface area contributed by atoms with E-state index in [4.69, 9.17) is 4.74 Å². The minimum absolute atomic E-state index is 0.0677. The van der Waals surface area contributed by atoms with Gasteiger partial charge < -0.3 is 14.6 Å². The smallest absolute Gasteiger partial charge is 0.305 e. The van der Waals surface area contributed by atoms with Gasteiger partial charge in [0.2, 0.25) is 0 Å². The van der Waals surface area contributed by atoms with Crippen LogP contribution >= 0.6 is 0 Å². The highest BCUT2D eigenvalue weighted by Gasteiger charge is 2.19. The summed E-state index contributed by atoms with van der Waals surface area (Å²) in [6, 6.07) is 2.95. The summed E-state index contributed by atoms with van der Waals surface area (Å²) in [4.78, 5) is 11.2. The lowest BCUT2D eigenvalue weighted by Gasteiger charge is -2.04. The molecule has 4 nitrogen and oxygen atoms in total. The molecule has 1 heterocycles. The van der Waals surface area contributed by atoms with Gasteiger partial charge in [0.25, 0.3) is 0 Å². The lowest BCUT2D eigenvalue weighted by molar-refractivity contribution is -0.143. The molecule has 4 heteroatoms. The van der Waals surface area contributed by atoms with Crippen LogP contribution in [0.2, 0.25) is 0 Å². The first-order chi connectivity index (χ1) is 9.78. The number of unbranched alkanes of at least 4 members (excludes halogenated alkanes) is 2. The first-order valence-electron chi connectivity index (χ1n) is 7.81. The minimum Gasteiger partial charge on any atom is -0.466 e. The highest BCUT2D eigenvalue weighted by Crippen LogP contribution is 2.19. The van der Waals surface area contributed by atoms with Crippen LogP contribution in [-0.2, 0) is 22.6 Å². The molecule has 1 aliphatic rings. The van der Waals surface area contributed by atoms with Gasteiger partial charge in [-0.05, 0) is 44.2 Å². The van der Waals surface area contributed by atoms with E-state index in [1.807, 2.05) is 6.92 Å². The average molecular weight is 278 g/mol. The van der Waals surface area contributed by atoms with Crippen molar-refractivity contribution in [2.75, 3.05) is 6.61 Å². The topological polar surface area (TPSA) is 43.3 Å². The second-order valence-corrected chi connectivity index (χ2v) is 5.53. The number of hydrogen-bond acceptors (Lipinski definition) is 3. The maximum Gasteiger partial charge on any atom is 0.305 e. The Kier molecular flexibility index (Phi) is 6.12. The van der Waals surface area contributed by atoms with Crippen molar-refractivity contribution in [1.29, 1.82) is 0 Å². The van der Waals surface area contributed by atoms with Crippen LogP contribution < -0.4 is 5.32 Å². The van der Waals surface area contributed by atoms with Gasteiger partial charge in [-0.1, -0.05) is 6.42 Å². The molecule has 0 aliphatic heterocycles. The largest absolute Gasteiger partial charge is 0.466 e. The standard InChI is InChI=1S/C16H26N2O2/c1-2-20-16(19)6-4-3-5-10-18-11-9-14(13-18)12-17-15-7-8-15/h9,11,13,15,17H,2-8,10,12H2,1H3. The molecule has 0 radical (unpaired) electrons. The van der Waals surface area contributed by atoms with E-state index < -0.39 is 0 Å². The summed E-state index contributed by atoms with van der Waals surface area (Å²) in [5.74, 6) is -0.0677. The van der Waals surface area contributed by atoms with Crippen LogP contribution in [0.15, 0.2) is 18.5 Å². The Morgan fingerprint density at radius 3 is 3.00 bits per heavy atom. The zero-order chi connectivity index (χ0) is 14.2. The number of esters is 1. The summed E-state index contributed by atoms with van der Waals surface area (Å²) in [7, 11) is 0. The molecule has 2 rings (SSSR count). The van der Waals surface area contributed by atoms with E-state index in [9.17, 15) is 4.79 Å². The fourth-order valence-electron chi connectivity index (χ4n) is 2.26. The monoisotopic (exact) mass is 278 g/mol. The SMILES string of the molecule is CCOC(=O)CCCCCn1ccc(CNC2CC2)c1. The average Bonchev–Trinajstić information content (AvgIpc) is 3.16. The molecule has 1 saturated carbocycles. The molecule has 1 aliphatic carbocycles. The molecule has 0 saturated heterocycles. The van der Waals surface area contributed by atoms with Crippen molar-refractivity contribution in [2.24, 2.45) is 0 Å². The third-order valence-corrected chi connectivity index (χ3v) is 3.59. The Balaban J connectivity index is 1.53. The molecule has 1 aromatic heterocycles. The van der Waals surface area contributed by atoms with Gasteiger partial charge in [0.1, 0.15) is 0 Å². The van der Waals surface area contributed by atoms with E-state index in [0.29, 0.717) is 13.0 Å². The molecule has 0 bridgehead atoms. The normalized spacial score (nSPS) is 14.4. The van der Waals surface area contributed by atoms with Gasteiger partial charge in [-0.25, -0.2) is 0 Å². The first kappa shape index (κ1) is 15.1. The van der Waals surface area contributed by atoms with Gasteiger partial charge in [0, 0.05) is 37.9 Å². The minimum atomic E-state index is -0.0677. The maximum atomic E-state index is 11.2. The second kappa shape index (κ2) is 8.10. The van der Waals surface area contributed by atoms with Crippen LogP contribution in [0.1, 0.15) is 51.0 Å². The summed E-state index contributed by atoms with van der Waals surface area (Å²) < 4.78 is 7.15. The predicted molar refractivity (Wildman–Crippen MR) is 79.4 cm³/mol. The van der Waals surface area contributed by atoms with Crippen LogP contribution in [0.5, 0.6) is 0 Å². The molecule has 0 aromatic carbocycles. The first-order valence-corrected chi connectivity index (χ1v) is 7.81. The summed E-state index contributed by atoms with van der Waals surface area (Å²) in [5.41, 5.74) is 1.36. The van der Waals surface area contributed by atoms with Gasteiger partial charge in [-0.3, -0.25) is 4.79 Å². The Morgan fingerprint density at radius 2 is 2.25 bits per heavy atom. The number of nitrogens with zero attached hydrogens (tertiary/aromatic N) is 1. The van der Waals surface area contributed by atoms with Gasteiger partial charge in [0.15, 0.2) is 0 Å². The van der Waals surface area contributed by atoms with Crippen LogP contribution in [0, 0.1) is 0 Å². The van der Waals surface area contributed by atoms with Crippen molar-refractivity contribution in [3.05, 3.63) is 24.0 Å².